The van der Waals surface area contributed by atoms with E-state index in [1.54, 1.807) is 0 Å². The number of carbonyl (C=O) groups is 1. The van der Waals surface area contributed by atoms with Crippen LogP contribution in [0.4, 0.5) is 19.0 Å². The lowest BCUT2D eigenvalue weighted by atomic mass is 10.2. The SMILES string of the molecule is CN(N)C(=O)C1=NO[C@@H](Nc2ncc(C(F)(F)F)cc2Cl)C1. The van der Waals surface area contributed by atoms with Gasteiger partial charge in [-0.25, -0.2) is 10.8 Å². The molecule has 0 spiro atoms. The summed E-state index contributed by atoms with van der Waals surface area (Å²) in [5, 5.41) is 6.82. The standard InChI is InChI=1S/C11H11ClF3N5O2/c1-20(16)10(21)7-3-8(22-19-7)18-9-6(12)2-5(4-17-9)11(13,14)15/h2,4,8H,3,16H2,1H3,(H,17,18)/t8-/m1/s1. The van der Waals surface area contributed by atoms with Crippen LogP contribution in [0.5, 0.6) is 0 Å². The van der Waals surface area contributed by atoms with Crippen molar-refractivity contribution in [3.8, 4) is 0 Å². The second-order valence-corrected chi connectivity index (χ2v) is 4.86. The van der Waals surface area contributed by atoms with Gasteiger partial charge in [-0.2, -0.15) is 13.2 Å². The second-order valence-electron chi connectivity index (χ2n) is 4.45. The van der Waals surface area contributed by atoms with Crippen LogP contribution in [0.2, 0.25) is 5.02 Å². The summed E-state index contributed by atoms with van der Waals surface area (Å²) in [7, 11) is 1.35. The molecule has 0 unspecified atom stereocenters. The molecule has 0 aromatic carbocycles. The number of halogens is 4. The zero-order valence-corrected chi connectivity index (χ0v) is 11.9. The molecule has 2 rings (SSSR count). The summed E-state index contributed by atoms with van der Waals surface area (Å²) in [6, 6.07) is 0.742. The molecular formula is C11H11ClF3N5O2. The van der Waals surface area contributed by atoms with Crippen molar-refractivity contribution in [2.45, 2.75) is 18.8 Å². The Labute approximate surface area is 127 Å². The first-order chi connectivity index (χ1) is 10.2. The minimum atomic E-state index is -4.53. The highest BCUT2D eigenvalue weighted by Gasteiger charge is 2.32. The molecule has 1 amide bonds. The fourth-order valence-corrected chi connectivity index (χ4v) is 1.86. The maximum absolute atomic E-state index is 12.5. The topological polar surface area (TPSA) is 92.8 Å². The molecule has 0 radical (unpaired) electrons. The molecule has 2 heterocycles. The third kappa shape index (κ3) is 3.57. The molecule has 1 atom stereocenters. The van der Waals surface area contributed by atoms with Gasteiger partial charge in [0.2, 0.25) is 6.23 Å². The lowest BCUT2D eigenvalue weighted by Gasteiger charge is -2.14. The van der Waals surface area contributed by atoms with Crippen molar-refractivity contribution in [3.05, 3.63) is 22.8 Å². The number of hydrogen-bond acceptors (Lipinski definition) is 6. The number of amides is 1. The summed E-state index contributed by atoms with van der Waals surface area (Å²) in [6.45, 7) is 0. The van der Waals surface area contributed by atoms with E-state index < -0.39 is 23.9 Å². The third-order valence-electron chi connectivity index (χ3n) is 2.70. The van der Waals surface area contributed by atoms with E-state index in [1.807, 2.05) is 0 Å². The largest absolute Gasteiger partial charge is 0.417 e. The van der Waals surface area contributed by atoms with Crippen LogP contribution < -0.4 is 11.2 Å². The molecule has 0 bridgehead atoms. The van der Waals surface area contributed by atoms with Crippen molar-refractivity contribution in [2.75, 3.05) is 12.4 Å². The number of alkyl halides is 3. The van der Waals surface area contributed by atoms with Crippen LogP contribution in [-0.2, 0) is 15.8 Å². The lowest BCUT2D eigenvalue weighted by Crippen LogP contribution is -2.38. The molecule has 22 heavy (non-hydrogen) atoms. The smallest absolute Gasteiger partial charge is 0.370 e. The molecule has 120 valence electrons. The summed E-state index contributed by atoms with van der Waals surface area (Å²) in [5.74, 6) is 4.74. The van der Waals surface area contributed by atoms with Gasteiger partial charge in [0, 0.05) is 13.2 Å². The predicted octanol–water partition coefficient (Wildman–Crippen LogP) is 1.60. The second kappa shape index (κ2) is 5.97. The van der Waals surface area contributed by atoms with Gasteiger partial charge in [0.25, 0.3) is 5.91 Å². The molecule has 0 aliphatic carbocycles. The van der Waals surface area contributed by atoms with Crippen LogP contribution in [0, 0.1) is 0 Å². The summed E-state index contributed by atoms with van der Waals surface area (Å²) in [6.07, 6.45) is -4.60. The van der Waals surface area contributed by atoms with Gasteiger partial charge in [0.1, 0.15) is 5.82 Å². The number of hydrogen-bond donors (Lipinski definition) is 2. The zero-order chi connectivity index (χ0) is 16.5. The molecule has 0 saturated carbocycles. The molecule has 0 fully saturated rings. The monoisotopic (exact) mass is 337 g/mol. The Morgan fingerprint density at radius 2 is 2.27 bits per heavy atom. The number of aromatic nitrogens is 1. The summed E-state index contributed by atoms with van der Waals surface area (Å²) in [5.41, 5.74) is -0.891. The van der Waals surface area contributed by atoms with Crippen molar-refractivity contribution in [2.24, 2.45) is 11.0 Å². The van der Waals surface area contributed by atoms with E-state index in [0.29, 0.717) is 6.20 Å². The third-order valence-corrected chi connectivity index (χ3v) is 2.99. The number of oxime groups is 1. The van der Waals surface area contributed by atoms with Crippen LogP contribution in [0.1, 0.15) is 12.0 Å². The molecule has 1 aliphatic heterocycles. The Balaban J connectivity index is 2.03. The van der Waals surface area contributed by atoms with Gasteiger partial charge in [-0.15, -0.1) is 0 Å². The average molecular weight is 338 g/mol. The highest BCUT2D eigenvalue weighted by atomic mass is 35.5. The average Bonchev–Trinajstić information content (AvgIpc) is 2.87. The Bertz CT molecular complexity index is 620. The van der Waals surface area contributed by atoms with E-state index in [9.17, 15) is 18.0 Å². The zero-order valence-electron chi connectivity index (χ0n) is 11.2. The van der Waals surface area contributed by atoms with Crippen LogP contribution >= 0.6 is 11.6 Å². The number of nitrogens with one attached hydrogen (secondary N) is 1. The van der Waals surface area contributed by atoms with Gasteiger partial charge in [-0.3, -0.25) is 9.80 Å². The van der Waals surface area contributed by atoms with E-state index in [0.717, 1.165) is 11.1 Å². The van der Waals surface area contributed by atoms with E-state index in [4.69, 9.17) is 22.3 Å². The lowest BCUT2D eigenvalue weighted by molar-refractivity contribution is -0.137. The Hall–Kier alpha value is -2.07. The number of pyridine rings is 1. The summed E-state index contributed by atoms with van der Waals surface area (Å²) < 4.78 is 37.5. The first-order valence-electron chi connectivity index (χ1n) is 5.93. The van der Waals surface area contributed by atoms with Gasteiger partial charge in [0.05, 0.1) is 17.0 Å². The van der Waals surface area contributed by atoms with Crippen molar-refractivity contribution >= 4 is 29.0 Å². The van der Waals surface area contributed by atoms with Crippen LogP contribution in [0.25, 0.3) is 0 Å². The van der Waals surface area contributed by atoms with Gasteiger partial charge in [-0.05, 0) is 6.07 Å². The number of nitrogens with two attached hydrogens (primary N) is 1. The molecule has 1 aliphatic rings. The molecule has 1 aromatic rings. The van der Waals surface area contributed by atoms with E-state index >= 15 is 0 Å². The maximum atomic E-state index is 12.5. The first kappa shape index (κ1) is 16.3. The first-order valence-corrected chi connectivity index (χ1v) is 6.31. The maximum Gasteiger partial charge on any atom is 0.417 e. The molecule has 3 N–H and O–H groups in total. The van der Waals surface area contributed by atoms with E-state index in [-0.39, 0.29) is 23.0 Å². The minimum Gasteiger partial charge on any atom is -0.370 e. The number of carbonyl (C=O) groups excluding carboxylic acids is 1. The molecule has 11 heteroatoms. The molecular weight excluding hydrogens is 327 g/mol. The highest BCUT2D eigenvalue weighted by molar-refractivity contribution is 6.38. The highest BCUT2D eigenvalue weighted by Crippen LogP contribution is 2.32. The normalized spacial score (nSPS) is 17.7. The molecule has 7 nitrogen and oxygen atoms in total. The van der Waals surface area contributed by atoms with Crippen LogP contribution in [0.15, 0.2) is 17.4 Å². The fourth-order valence-electron chi connectivity index (χ4n) is 1.64. The number of rotatable bonds is 3. The predicted molar refractivity (Wildman–Crippen MR) is 71.8 cm³/mol. The van der Waals surface area contributed by atoms with E-state index in [2.05, 4.69) is 15.5 Å². The minimum absolute atomic E-state index is 0.00957. The van der Waals surface area contributed by atoms with Gasteiger partial charge in [0.15, 0.2) is 5.71 Å². The fraction of sp³-hybridized carbons (Fsp3) is 0.364. The Morgan fingerprint density at radius 1 is 1.59 bits per heavy atom. The van der Waals surface area contributed by atoms with Crippen molar-refractivity contribution in [3.63, 3.8) is 0 Å². The summed E-state index contributed by atoms with van der Waals surface area (Å²) in [4.78, 5) is 20.1. The molecule has 0 saturated heterocycles. The Morgan fingerprint density at radius 3 is 2.82 bits per heavy atom. The summed E-state index contributed by atoms with van der Waals surface area (Å²) >= 11 is 5.75. The van der Waals surface area contributed by atoms with Crippen LogP contribution in [-0.4, -0.2) is 34.9 Å². The van der Waals surface area contributed by atoms with Crippen molar-refractivity contribution in [1.82, 2.24) is 9.99 Å². The number of hydrazine groups is 1. The van der Waals surface area contributed by atoms with E-state index in [1.165, 1.54) is 7.05 Å². The number of anilines is 1. The Kier molecular flexibility index (Phi) is 4.42. The van der Waals surface area contributed by atoms with Gasteiger partial charge < -0.3 is 10.2 Å². The van der Waals surface area contributed by atoms with Gasteiger partial charge >= 0.3 is 6.18 Å². The van der Waals surface area contributed by atoms with Crippen molar-refractivity contribution < 1.29 is 22.8 Å². The number of nitrogens with zero attached hydrogens (tertiary/aromatic N) is 3. The quantitative estimate of drug-likeness (QED) is 0.496. The van der Waals surface area contributed by atoms with Crippen LogP contribution in [0.3, 0.4) is 0 Å². The van der Waals surface area contributed by atoms with Crippen molar-refractivity contribution in [1.29, 1.82) is 0 Å². The van der Waals surface area contributed by atoms with Gasteiger partial charge in [-0.1, -0.05) is 16.8 Å². The molecule has 1 aromatic heterocycles.